The summed E-state index contributed by atoms with van der Waals surface area (Å²) < 4.78 is 5.40. The lowest BCUT2D eigenvalue weighted by Crippen LogP contribution is -2.27. The number of carbonyl (C=O) groups excluding carboxylic acids is 1. The average molecular weight is 358 g/mol. The Balaban J connectivity index is 1.76. The molecule has 1 atom stereocenters. The van der Waals surface area contributed by atoms with Gasteiger partial charge in [-0.15, -0.1) is 11.3 Å². The largest absolute Gasteiger partial charge is 0.496 e. The van der Waals surface area contributed by atoms with Gasteiger partial charge in [-0.3, -0.25) is 4.79 Å². The van der Waals surface area contributed by atoms with Crippen LogP contribution < -0.4 is 10.1 Å². The zero-order valence-corrected chi connectivity index (χ0v) is 15.3. The molecule has 1 unspecified atom stereocenters. The van der Waals surface area contributed by atoms with Gasteiger partial charge in [0, 0.05) is 21.9 Å². The second kappa shape index (κ2) is 7.15. The number of hydrogen-bond donors (Lipinski definition) is 1. The molecule has 3 aromatic rings. The standard InChI is InChI=1S/C18H18N2O2S2/c1-11-4-5-16(22-3)14(8-11)12(2)19-17(21)15-10-24-18(20-15)13-6-7-23-9-13/h4-10,12H,1-3H3,(H,19,21). The Hall–Kier alpha value is -2.18. The van der Waals surface area contributed by atoms with Crippen molar-refractivity contribution in [3.8, 4) is 16.3 Å². The predicted molar refractivity (Wildman–Crippen MR) is 99.0 cm³/mol. The molecule has 0 saturated carbocycles. The van der Waals surface area contributed by atoms with E-state index in [1.165, 1.54) is 11.3 Å². The second-order valence-corrected chi connectivity index (χ2v) is 7.13. The maximum Gasteiger partial charge on any atom is 0.271 e. The summed E-state index contributed by atoms with van der Waals surface area (Å²) in [5, 5.41) is 9.69. The van der Waals surface area contributed by atoms with Gasteiger partial charge in [0.1, 0.15) is 16.5 Å². The van der Waals surface area contributed by atoms with Crippen molar-refractivity contribution in [1.82, 2.24) is 10.3 Å². The van der Waals surface area contributed by atoms with E-state index in [0.29, 0.717) is 5.69 Å². The summed E-state index contributed by atoms with van der Waals surface area (Å²) in [4.78, 5) is 16.9. The molecule has 2 aromatic heterocycles. The number of methoxy groups -OCH3 is 1. The number of aromatic nitrogens is 1. The molecule has 3 rings (SSSR count). The van der Waals surface area contributed by atoms with Gasteiger partial charge >= 0.3 is 0 Å². The first-order valence-electron chi connectivity index (χ1n) is 7.52. The number of amides is 1. The van der Waals surface area contributed by atoms with Crippen molar-refractivity contribution < 1.29 is 9.53 Å². The Morgan fingerprint density at radius 3 is 2.83 bits per heavy atom. The molecule has 0 spiro atoms. The van der Waals surface area contributed by atoms with Crippen LogP contribution in [0.2, 0.25) is 0 Å². The Morgan fingerprint density at radius 2 is 2.12 bits per heavy atom. The van der Waals surface area contributed by atoms with Crippen LogP contribution in [-0.4, -0.2) is 18.0 Å². The van der Waals surface area contributed by atoms with Gasteiger partial charge in [-0.1, -0.05) is 17.7 Å². The molecule has 124 valence electrons. The van der Waals surface area contributed by atoms with E-state index in [1.807, 2.05) is 48.9 Å². The Labute approximate surface area is 149 Å². The molecular weight excluding hydrogens is 340 g/mol. The third kappa shape index (κ3) is 3.49. The smallest absolute Gasteiger partial charge is 0.271 e. The van der Waals surface area contributed by atoms with E-state index in [-0.39, 0.29) is 11.9 Å². The van der Waals surface area contributed by atoms with Gasteiger partial charge in [-0.25, -0.2) is 4.98 Å². The van der Waals surface area contributed by atoms with Crippen LogP contribution in [0.5, 0.6) is 5.75 Å². The van der Waals surface area contributed by atoms with Gasteiger partial charge < -0.3 is 10.1 Å². The van der Waals surface area contributed by atoms with Crippen molar-refractivity contribution in [2.45, 2.75) is 19.9 Å². The average Bonchev–Trinajstić information content (AvgIpc) is 3.25. The topological polar surface area (TPSA) is 51.2 Å². The molecule has 0 radical (unpaired) electrons. The van der Waals surface area contributed by atoms with E-state index in [0.717, 1.165) is 27.4 Å². The van der Waals surface area contributed by atoms with Crippen LogP contribution in [0, 0.1) is 6.92 Å². The van der Waals surface area contributed by atoms with E-state index >= 15 is 0 Å². The maximum absolute atomic E-state index is 12.5. The van der Waals surface area contributed by atoms with E-state index in [9.17, 15) is 4.79 Å². The van der Waals surface area contributed by atoms with Gasteiger partial charge in [0.05, 0.1) is 13.2 Å². The molecule has 1 aromatic carbocycles. The van der Waals surface area contributed by atoms with E-state index in [4.69, 9.17) is 4.74 Å². The third-order valence-corrected chi connectivity index (χ3v) is 5.28. The first kappa shape index (κ1) is 16.7. The number of hydrogen-bond acceptors (Lipinski definition) is 5. The normalized spacial score (nSPS) is 12.0. The fraction of sp³-hybridized carbons (Fsp3) is 0.222. The number of ether oxygens (including phenoxy) is 1. The lowest BCUT2D eigenvalue weighted by atomic mass is 10.0. The molecular formula is C18H18N2O2S2. The summed E-state index contributed by atoms with van der Waals surface area (Å²) in [7, 11) is 1.64. The number of rotatable bonds is 5. The third-order valence-electron chi connectivity index (χ3n) is 3.70. The summed E-state index contributed by atoms with van der Waals surface area (Å²) in [5.74, 6) is 0.592. The molecule has 1 N–H and O–H groups in total. The van der Waals surface area contributed by atoms with Gasteiger partial charge in [0.15, 0.2) is 0 Å². The lowest BCUT2D eigenvalue weighted by molar-refractivity contribution is 0.0935. The van der Waals surface area contributed by atoms with E-state index in [2.05, 4.69) is 10.3 Å². The van der Waals surface area contributed by atoms with Crippen LogP contribution >= 0.6 is 22.7 Å². The molecule has 0 saturated heterocycles. The number of thiazole rings is 1. The maximum atomic E-state index is 12.5. The van der Waals surface area contributed by atoms with Gasteiger partial charge in [-0.2, -0.15) is 11.3 Å². The van der Waals surface area contributed by atoms with Gasteiger partial charge in [-0.05, 0) is 31.4 Å². The van der Waals surface area contributed by atoms with Crippen molar-refractivity contribution in [2.24, 2.45) is 0 Å². The highest BCUT2D eigenvalue weighted by molar-refractivity contribution is 7.14. The highest BCUT2D eigenvalue weighted by Crippen LogP contribution is 2.28. The highest BCUT2D eigenvalue weighted by Gasteiger charge is 2.18. The SMILES string of the molecule is COc1ccc(C)cc1C(C)NC(=O)c1csc(-c2ccsc2)n1. The number of nitrogens with zero attached hydrogens (tertiary/aromatic N) is 1. The number of benzene rings is 1. The number of thiophene rings is 1. The second-order valence-electron chi connectivity index (χ2n) is 5.49. The van der Waals surface area contributed by atoms with Crippen LogP contribution in [0.25, 0.3) is 10.6 Å². The van der Waals surface area contributed by atoms with E-state index < -0.39 is 0 Å². The highest BCUT2D eigenvalue weighted by atomic mass is 32.1. The molecule has 6 heteroatoms. The Kier molecular flexibility index (Phi) is 4.97. The van der Waals surface area contributed by atoms with Crippen molar-refractivity contribution in [1.29, 1.82) is 0 Å². The Morgan fingerprint density at radius 1 is 1.29 bits per heavy atom. The minimum absolute atomic E-state index is 0.168. The number of nitrogens with one attached hydrogen (secondary N) is 1. The van der Waals surface area contributed by atoms with E-state index in [1.54, 1.807) is 23.8 Å². The predicted octanol–water partition coefficient (Wildman–Crippen LogP) is 4.68. The van der Waals surface area contributed by atoms with Crippen molar-refractivity contribution >= 4 is 28.6 Å². The fourth-order valence-electron chi connectivity index (χ4n) is 2.44. The minimum Gasteiger partial charge on any atom is -0.496 e. The molecule has 24 heavy (non-hydrogen) atoms. The molecule has 4 nitrogen and oxygen atoms in total. The fourth-order valence-corrected chi connectivity index (χ4v) is 3.95. The van der Waals surface area contributed by atoms with Crippen LogP contribution in [0.1, 0.15) is 34.6 Å². The first-order chi connectivity index (χ1) is 11.6. The first-order valence-corrected chi connectivity index (χ1v) is 9.34. The number of carbonyl (C=O) groups is 1. The quantitative estimate of drug-likeness (QED) is 0.720. The molecule has 0 bridgehead atoms. The summed E-state index contributed by atoms with van der Waals surface area (Å²) in [6, 6.07) is 7.78. The summed E-state index contributed by atoms with van der Waals surface area (Å²) in [5.41, 5.74) is 3.58. The van der Waals surface area contributed by atoms with Crippen LogP contribution in [-0.2, 0) is 0 Å². The number of aryl methyl sites for hydroxylation is 1. The monoisotopic (exact) mass is 358 g/mol. The molecule has 0 aliphatic heterocycles. The molecule has 0 aliphatic carbocycles. The zero-order valence-electron chi connectivity index (χ0n) is 13.7. The molecule has 0 aliphatic rings. The Bertz CT molecular complexity index is 841. The zero-order chi connectivity index (χ0) is 17.1. The summed E-state index contributed by atoms with van der Waals surface area (Å²) in [6.45, 7) is 3.96. The van der Waals surface area contributed by atoms with Crippen LogP contribution in [0.3, 0.4) is 0 Å². The lowest BCUT2D eigenvalue weighted by Gasteiger charge is -2.17. The molecule has 1 amide bonds. The van der Waals surface area contributed by atoms with Crippen LogP contribution in [0.15, 0.2) is 40.4 Å². The summed E-state index contributed by atoms with van der Waals surface area (Å²) in [6.07, 6.45) is 0. The van der Waals surface area contributed by atoms with Crippen molar-refractivity contribution in [3.05, 3.63) is 57.2 Å². The van der Waals surface area contributed by atoms with Crippen molar-refractivity contribution in [3.63, 3.8) is 0 Å². The molecule has 0 fully saturated rings. The molecule has 2 heterocycles. The van der Waals surface area contributed by atoms with Crippen LogP contribution in [0.4, 0.5) is 0 Å². The van der Waals surface area contributed by atoms with Crippen molar-refractivity contribution in [2.75, 3.05) is 7.11 Å². The van der Waals surface area contributed by atoms with Gasteiger partial charge in [0.2, 0.25) is 0 Å². The summed E-state index contributed by atoms with van der Waals surface area (Å²) >= 11 is 3.10. The van der Waals surface area contributed by atoms with Gasteiger partial charge in [0.25, 0.3) is 5.91 Å². The minimum atomic E-state index is -0.177.